The van der Waals surface area contributed by atoms with E-state index >= 15 is 0 Å². The molecule has 0 spiro atoms. The van der Waals surface area contributed by atoms with Crippen molar-refractivity contribution in [2.45, 2.75) is 45.0 Å². The van der Waals surface area contributed by atoms with Crippen LogP contribution >= 0.6 is 0 Å². The van der Waals surface area contributed by atoms with Crippen molar-refractivity contribution in [3.05, 3.63) is 59.7 Å². The molecule has 1 atom stereocenters. The maximum Gasteiger partial charge on any atom is 0.416 e. The predicted molar refractivity (Wildman–Crippen MR) is 106 cm³/mol. The molecule has 30 heavy (non-hydrogen) atoms. The summed E-state index contributed by atoms with van der Waals surface area (Å²) in [4.78, 5) is 24.0. The minimum Gasteiger partial charge on any atom is -0.467 e. The molecule has 0 saturated heterocycles. The van der Waals surface area contributed by atoms with Crippen LogP contribution < -0.4 is 5.32 Å². The van der Waals surface area contributed by atoms with Gasteiger partial charge in [-0.25, -0.2) is 9.59 Å². The highest BCUT2D eigenvalue weighted by Crippen LogP contribution is 2.31. The molecule has 0 saturated carbocycles. The van der Waals surface area contributed by atoms with E-state index in [1.165, 1.54) is 19.2 Å². The maximum absolute atomic E-state index is 12.7. The average Bonchev–Trinajstić information content (AvgIpc) is 2.65. The van der Waals surface area contributed by atoms with Crippen molar-refractivity contribution in [3.8, 4) is 11.1 Å². The van der Waals surface area contributed by atoms with Crippen molar-refractivity contribution in [2.75, 3.05) is 7.11 Å². The molecule has 162 valence electrons. The fraction of sp³-hybridized carbons (Fsp3) is 0.364. The number of alkyl carbamates (subject to hydrolysis) is 1. The Labute approximate surface area is 173 Å². The number of hydrogen-bond acceptors (Lipinski definition) is 4. The van der Waals surface area contributed by atoms with Gasteiger partial charge < -0.3 is 14.8 Å². The number of amides is 1. The number of halogens is 3. The summed E-state index contributed by atoms with van der Waals surface area (Å²) in [6.07, 6.45) is -4.95. The van der Waals surface area contributed by atoms with Crippen molar-refractivity contribution in [1.82, 2.24) is 5.32 Å². The van der Waals surface area contributed by atoms with Crippen molar-refractivity contribution < 1.29 is 32.2 Å². The molecule has 1 amide bonds. The molecule has 2 aromatic carbocycles. The standard InChI is InChI=1S/C22H24F3NO4/c1-21(2,3)30-20(28)26-18(19(27)29-4)13-14-5-7-15(8-6-14)16-9-11-17(12-10-16)22(23,24)25/h5-12,18H,13H2,1-4H3,(H,26,28)/t18-/m0/s1. The minimum atomic E-state index is -4.38. The molecule has 8 heteroatoms. The molecule has 0 aliphatic rings. The van der Waals surface area contributed by atoms with E-state index in [4.69, 9.17) is 9.47 Å². The lowest BCUT2D eigenvalue weighted by atomic mass is 10.00. The van der Waals surface area contributed by atoms with Crippen LogP contribution in [0.3, 0.4) is 0 Å². The molecule has 5 nitrogen and oxygen atoms in total. The highest BCUT2D eigenvalue weighted by molar-refractivity contribution is 5.81. The largest absolute Gasteiger partial charge is 0.467 e. The first-order valence-electron chi connectivity index (χ1n) is 9.23. The summed E-state index contributed by atoms with van der Waals surface area (Å²) in [5.74, 6) is -0.618. The molecule has 2 rings (SSSR count). The van der Waals surface area contributed by atoms with Crippen molar-refractivity contribution in [2.24, 2.45) is 0 Å². The lowest BCUT2D eigenvalue weighted by Gasteiger charge is -2.22. The van der Waals surface area contributed by atoms with Crippen molar-refractivity contribution >= 4 is 12.1 Å². The number of alkyl halides is 3. The number of rotatable bonds is 5. The van der Waals surface area contributed by atoms with Crippen LogP contribution in [0.4, 0.5) is 18.0 Å². The summed E-state index contributed by atoms with van der Waals surface area (Å²) in [6.45, 7) is 5.12. The fourth-order valence-electron chi connectivity index (χ4n) is 2.71. The lowest BCUT2D eigenvalue weighted by Crippen LogP contribution is -2.45. The molecule has 0 bridgehead atoms. The molecular weight excluding hydrogens is 399 g/mol. The second kappa shape index (κ2) is 9.19. The normalized spacial score (nSPS) is 12.8. The van der Waals surface area contributed by atoms with Gasteiger partial charge >= 0.3 is 18.2 Å². The number of carbonyl (C=O) groups is 2. The molecular formula is C22H24F3NO4. The highest BCUT2D eigenvalue weighted by Gasteiger charge is 2.30. The minimum absolute atomic E-state index is 0.166. The highest BCUT2D eigenvalue weighted by atomic mass is 19.4. The van der Waals surface area contributed by atoms with E-state index < -0.39 is 35.4 Å². The van der Waals surface area contributed by atoms with Gasteiger partial charge in [0.1, 0.15) is 11.6 Å². The van der Waals surface area contributed by atoms with E-state index in [2.05, 4.69) is 5.32 Å². The zero-order valence-electron chi connectivity index (χ0n) is 17.2. The van der Waals surface area contributed by atoms with Crippen LogP contribution in [0.15, 0.2) is 48.5 Å². The van der Waals surface area contributed by atoms with Crippen LogP contribution in [0.2, 0.25) is 0 Å². The van der Waals surface area contributed by atoms with Crippen molar-refractivity contribution in [3.63, 3.8) is 0 Å². The molecule has 1 N–H and O–H groups in total. The maximum atomic E-state index is 12.7. The van der Waals surface area contributed by atoms with Gasteiger partial charge in [0.2, 0.25) is 0 Å². The quantitative estimate of drug-likeness (QED) is 0.689. The van der Waals surface area contributed by atoms with Gasteiger partial charge in [-0.2, -0.15) is 13.2 Å². The number of ether oxygens (including phenoxy) is 2. The number of hydrogen-bond donors (Lipinski definition) is 1. The summed E-state index contributed by atoms with van der Waals surface area (Å²) in [5.41, 5.74) is 0.663. The number of esters is 1. The number of methoxy groups -OCH3 is 1. The first-order valence-corrected chi connectivity index (χ1v) is 9.23. The van der Waals surface area contributed by atoms with E-state index in [0.29, 0.717) is 5.56 Å². The van der Waals surface area contributed by atoms with Crippen LogP contribution in [0.1, 0.15) is 31.9 Å². The predicted octanol–water partition coefficient (Wildman–Crippen LogP) is 4.98. The lowest BCUT2D eigenvalue weighted by molar-refractivity contribution is -0.143. The summed E-state index contributed by atoms with van der Waals surface area (Å²) < 4.78 is 48.0. The molecule has 2 aromatic rings. The molecule has 0 aromatic heterocycles. The summed E-state index contributed by atoms with van der Waals surface area (Å²) in [6, 6.07) is 10.9. The summed E-state index contributed by atoms with van der Waals surface area (Å²) in [5, 5.41) is 2.50. The third-order valence-electron chi connectivity index (χ3n) is 4.12. The Morgan fingerprint density at radius 2 is 1.43 bits per heavy atom. The smallest absolute Gasteiger partial charge is 0.416 e. The third kappa shape index (κ3) is 6.79. The second-order valence-electron chi connectivity index (χ2n) is 7.70. The zero-order valence-corrected chi connectivity index (χ0v) is 17.2. The Bertz CT molecular complexity index is 869. The zero-order chi connectivity index (χ0) is 22.5. The van der Waals surface area contributed by atoms with E-state index in [-0.39, 0.29) is 6.42 Å². The van der Waals surface area contributed by atoms with Crippen molar-refractivity contribution in [1.29, 1.82) is 0 Å². The van der Waals surface area contributed by atoms with E-state index in [1.807, 2.05) is 0 Å². The molecule has 0 heterocycles. The fourth-order valence-corrected chi connectivity index (χ4v) is 2.71. The SMILES string of the molecule is COC(=O)[C@H](Cc1ccc(-c2ccc(C(F)(F)F)cc2)cc1)NC(=O)OC(C)(C)C. The summed E-state index contributed by atoms with van der Waals surface area (Å²) in [7, 11) is 1.22. The first kappa shape index (κ1) is 23.3. The second-order valence-corrected chi connectivity index (χ2v) is 7.70. The Hall–Kier alpha value is -3.03. The van der Waals surface area contributed by atoms with E-state index in [1.54, 1.807) is 45.0 Å². The van der Waals surface area contributed by atoms with Gasteiger partial charge in [-0.1, -0.05) is 36.4 Å². The van der Waals surface area contributed by atoms with Gasteiger partial charge in [0.05, 0.1) is 12.7 Å². The third-order valence-corrected chi connectivity index (χ3v) is 4.12. The molecule has 0 aliphatic heterocycles. The number of carbonyl (C=O) groups excluding carboxylic acids is 2. The van der Waals surface area contributed by atoms with Gasteiger partial charge in [0, 0.05) is 6.42 Å². The van der Waals surface area contributed by atoms with Gasteiger partial charge in [0.15, 0.2) is 0 Å². The molecule has 0 unspecified atom stereocenters. The van der Waals surface area contributed by atoms with Gasteiger partial charge in [-0.15, -0.1) is 0 Å². The van der Waals surface area contributed by atoms with Crippen LogP contribution in [-0.4, -0.2) is 30.8 Å². The van der Waals surface area contributed by atoms with Crippen LogP contribution in [0, 0.1) is 0 Å². The Morgan fingerprint density at radius 1 is 0.933 bits per heavy atom. The van der Waals surface area contributed by atoms with Crippen LogP contribution in [0.5, 0.6) is 0 Å². The monoisotopic (exact) mass is 423 g/mol. The number of nitrogens with one attached hydrogen (secondary N) is 1. The molecule has 0 radical (unpaired) electrons. The molecule has 0 fully saturated rings. The van der Waals surface area contributed by atoms with Crippen LogP contribution in [-0.2, 0) is 26.9 Å². The van der Waals surface area contributed by atoms with Gasteiger partial charge in [-0.05, 0) is 49.6 Å². The Kier molecular flexibility index (Phi) is 7.12. The van der Waals surface area contributed by atoms with E-state index in [9.17, 15) is 22.8 Å². The topological polar surface area (TPSA) is 64.6 Å². The van der Waals surface area contributed by atoms with Gasteiger partial charge in [0.25, 0.3) is 0 Å². The summed E-state index contributed by atoms with van der Waals surface area (Å²) >= 11 is 0. The molecule has 0 aliphatic carbocycles. The first-order chi connectivity index (χ1) is 13.9. The Balaban J connectivity index is 2.11. The van der Waals surface area contributed by atoms with Gasteiger partial charge in [-0.3, -0.25) is 0 Å². The van der Waals surface area contributed by atoms with E-state index in [0.717, 1.165) is 23.3 Å². The average molecular weight is 423 g/mol. The Morgan fingerprint density at radius 3 is 1.87 bits per heavy atom. The van der Waals surface area contributed by atoms with Crippen LogP contribution in [0.25, 0.3) is 11.1 Å². The number of benzene rings is 2.